The summed E-state index contributed by atoms with van der Waals surface area (Å²) in [6.45, 7) is 5.86. The molecule has 1 fully saturated rings. The van der Waals surface area contributed by atoms with E-state index in [1.165, 1.54) is 19.4 Å². The third-order valence-corrected chi connectivity index (χ3v) is 4.52. The summed E-state index contributed by atoms with van der Waals surface area (Å²) in [5.74, 6) is -0.213. The van der Waals surface area contributed by atoms with Crippen molar-refractivity contribution in [3.05, 3.63) is 35.9 Å². The van der Waals surface area contributed by atoms with Crippen LogP contribution in [0.4, 0.5) is 0 Å². The molecule has 0 radical (unpaired) electrons. The zero-order valence-corrected chi connectivity index (χ0v) is 13.7. The highest BCUT2D eigenvalue weighted by Crippen LogP contribution is 2.39. The van der Waals surface area contributed by atoms with Gasteiger partial charge in [0.2, 0.25) is 11.8 Å². The van der Waals surface area contributed by atoms with Crippen LogP contribution in [-0.4, -0.2) is 36.0 Å². The Kier molecular flexibility index (Phi) is 4.86. The van der Waals surface area contributed by atoms with Gasteiger partial charge in [0.15, 0.2) is 0 Å². The van der Waals surface area contributed by atoms with Crippen LogP contribution in [0.3, 0.4) is 0 Å². The van der Waals surface area contributed by atoms with Gasteiger partial charge in [-0.25, -0.2) is 0 Å². The van der Waals surface area contributed by atoms with Crippen molar-refractivity contribution in [1.82, 2.24) is 15.5 Å². The van der Waals surface area contributed by atoms with Gasteiger partial charge >= 0.3 is 0 Å². The number of rotatable bonds is 3. The molecule has 22 heavy (non-hydrogen) atoms. The minimum atomic E-state index is -0.704. The second-order valence-corrected chi connectivity index (χ2v) is 6.21. The molecule has 1 heterocycles. The van der Waals surface area contributed by atoms with Gasteiger partial charge in [-0.15, -0.1) is 0 Å². The van der Waals surface area contributed by atoms with Crippen LogP contribution < -0.4 is 10.6 Å². The third-order valence-electron chi connectivity index (χ3n) is 4.52. The Morgan fingerprint density at radius 3 is 2.18 bits per heavy atom. The number of piperidine rings is 1. The number of nitrogens with one attached hydrogen (secondary N) is 2. The first-order valence-electron chi connectivity index (χ1n) is 7.68. The van der Waals surface area contributed by atoms with Crippen molar-refractivity contribution in [2.24, 2.45) is 5.92 Å². The zero-order chi connectivity index (χ0) is 16.3. The predicted octanol–water partition coefficient (Wildman–Crippen LogP) is 1.67. The van der Waals surface area contributed by atoms with Gasteiger partial charge in [-0.3, -0.25) is 14.5 Å². The normalized spacial score (nSPS) is 24.5. The fourth-order valence-electron chi connectivity index (χ4n) is 3.58. The SMILES string of the molecule is CC(=O)NC1(NC(C)=O)CCN(C)[C@H](c2ccccc2)[C@H]1C. The van der Waals surface area contributed by atoms with E-state index in [2.05, 4.69) is 41.6 Å². The minimum Gasteiger partial charge on any atom is -0.333 e. The van der Waals surface area contributed by atoms with Crippen LogP contribution in [0.1, 0.15) is 38.8 Å². The van der Waals surface area contributed by atoms with Crippen molar-refractivity contribution in [1.29, 1.82) is 0 Å². The maximum atomic E-state index is 11.7. The molecule has 0 saturated carbocycles. The van der Waals surface area contributed by atoms with Gasteiger partial charge < -0.3 is 10.6 Å². The highest BCUT2D eigenvalue weighted by atomic mass is 16.2. The molecule has 5 heteroatoms. The van der Waals surface area contributed by atoms with Crippen LogP contribution in [0.5, 0.6) is 0 Å². The van der Waals surface area contributed by atoms with Crippen LogP contribution in [-0.2, 0) is 9.59 Å². The van der Waals surface area contributed by atoms with E-state index in [9.17, 15) is 9.59 Å². The minimum absolute atomic E-state index is 0.0430. The van der Waals surface area contributed by atoms with Crippen LogP contribution >= 0.6 is 0 Å². The average molecular weight is 303 g/mol. The first kappa shape index (κ1) is 16.5. The summed E-state index contributed by atoms with van der Waals surface area (Å²) in [5.41, 5.74) is 0.488. The molecule has 1 aromatic carbocycles. The molecule has 2 N–H and O–H groups in total. The van der Waals surface area contributed by atoms with Crippen molar-refractivity contribution < 1.29 is 9.59 Å². The smallest absolute Gasteiger partial charge is 0.218 e. The first-order chi connectivity index (χ1) is 10.4. The van der Waals surface area contributed by atoms with Crippen LogP contribution in [0.15, 0.2) is 30.3 Å². The van der Waals surface area contributed by atoms with Gasteiger partial charge in [0.05, 0.1) is 0 Å². The Morgan fingerprint density at radius 1 is 1.14 bits per heavy atom. The fourth-order valence-corrected chi connectivity index (χ4v) is 3.58. The molecule has 2 amide bonds. The summed E-state index contributed by atoms with van der Waals surface area (Å²) in [6.07, 6.45) is 0.688. The largest absolute Gasteiger partial charge is 0.333 e. The standard InChI is InChI=1S/C17H25N3O2/c1-12-16(15-8-6-5-7-9-15)20(4)11-10-17(12,18-13(2)21)19-14(3)22/h5-9,12,16H,10-11H2,1-4H3,(H,18,21)(H,19,22)/t12-,16+/m1/s1. The molecule has 5 nitrogen and oxygen atoms in total. The number of nitrogens with zero attached hydrogens (tertiary/aromatic N) is 1. The molecule has 1 aliphatic heterocycles. The summed E-state index contributed by atoms with van der Waals surface area (Å²) in [6, 6.07) is 10.3. The van der Waals surface area contributed by atoms with Crippen LogP contribution in [0.2, 0.25) is 0 Å². The van der Waals surface area contributed by atoms with E-state index in [-0.39, 0.29) is 23.8 Å². The van der Waals surface area contributed by atoms with Crippen LogP contribution in [0.25, 0.3) is 0 Å². The number of benzene rings is 1. The molecule has 0 unspecified atom stereocenters. The highest BCUT2D eigenvalue weighted by molar-refractivity contribution is 5.77. The Morgan fingerprint density at radius 2 is 1.68 bits per heavy atom. The summed E-state index contributed by atoms with van der Waals surface area (Å²) >= 11 is 0. The number of hydrogen-bond acceptors (Lipinski definition) is 3. The Bertz CT molecular complexity index is 528. The molecule has 2 atom stereocenters. The van der Waals surface area contributed by atoms with E-state index in [0.29, 0.717) is 6.42 Å². The monoisotopic (exact) mass is 303 g/mol. The molecule has 0 bridgehead atoms. The zero-order valence-electron chi connectivity index (χ0n) is 13.7. The first-order valence-corrected chi connectivity index (χ1v) is 7.68. The summed E-state index contributed by atoms with van der Waals surface area (Å²) in [7, 11) is 2.08. The lowest BCUT2D eigenvalue weighted by atomic mass is 9.77. The van der Waals surface area contributed by atoms with E-state index in [0.717, 1.165) is 6.54 Å². The Hall–Kier alpha value is -1.88. The van der Waals surface area contributed by atoms with Gasteiger partial charge in [0.1, 0.15) is 5.66 Å². The van der Waals surface area contributed by atoms with Crippen LogP contribution in [0, 0.1) is 5.92 Å². The lowest BCUT2D eigenvalue weighted by Crippen LogP contribution is -2.68. The molecule has 0 aliphatic carbocycles. The van der Waals surface area contributed by atoms with E-state index < -0.39 is 5.66 Å². The number of likely N-dealkylation sites (tertiary alicyclic amines) is 1. The Balaban J connectivity index is 2.39. The second kappa shape index (κ2) is 6.48. The van der Waals surface area contributed by atoms with E-state index in [1.54, 1.807) is 0 Å². The maximum absolute atomic E-state index is 11.7. The summed E-state index contributed by atoms with van der Waals surface area (Å²) < 4.78 is 0. The number of carbonyl (C=O) groups is 2. The highest BCUT2D eigenvalue weighted by Gasteiger charge is 2.47. The number of carbonyl (C=O) groups excluding carboxylic acids is 2. The Labute approximate surface area is 132 Å². The van der Waals surface area contributed by atoms with Crippen molar-refractivity contribution >= 4 is 11.8 Å². The molecule has 120 valence electrons. The number of amides is 2. The van der Waals surface area contributed by atoms with Gasteiger partial charge in [-0.05, 0) is 12.6 Å². The average Bonchev–Trinajstić information content (AvgIpc) is 2.43. The maximum Gasteiger partial charge on any atom is 0.218 e. The molecule has 1 aromatic rings. The van der Waals surface area contributed by atoms with E-state index >= 15 is 0 Å². The van der Waals surface area contributed by atoms with Crippen molar-refractivity contribution in [2.75, 3.05) is 13.6 Å². The topological polar surface area (TPSA) is 61.4 Å². The molecule has 1 saturated heterocycles. The van der Waals surface area contributed by atoms with Crippen molar-refractivity contribution in [2.45, 2.75) is 38.9 Å². The van der Waals surface area contributed by atoms with Crippen molar-refractivity contribution in [3.8, 4) is 0 Å². The molecule has 0 aromatic heterocycles. The second-order valence-electron chi connectivity index (χ2n) is 6.21. The predicted molar refractivity (Wildman–Crippen MR) is 86.0 cm³/mol. The van der Waals surface area contributed by atoms with Gasteiger partial charge in [-0.1, -0.05) is 37.3 Å². The van der Waals surface area contributed by atoms with Gasteiger partial charge in [-0.2, -0.15) is 0 Å². The molecule has 0 spiro atoms. The summed E-state index contributed by atoms with van der Waals surface area (Å²) in [5, 5.41) is 6.00. The molecular formula is C17H25N3O2. The van der Waals surface area contributed by atoms with Gasteiger partial charge in [0.25, 0.3) is 0 Å². The molecule has 1 aliphatic rings. The van der Waals surface area contributed by atoms with Crippen molar-refractivity contribution in [3.63, 3.8) is 0 Å². The molecular weight excluding hydrogens is 278 g/mol. The van der Waals surface area contributed by atoms with Gasteiger partial charge in [0, 0.05) is 38.8 Å². The molecule has 2 rings (SSSR count). The third kappa shape index (κ3) is 3.30. The number of hydrogen-bond donors (Lipinski definition) is 2. The van der Waals surface area contributed by atoms with E-state index in [1.807, 2.05) is 18.2 Å². The summed E-state index contributed by atoms with van der Waals surface area (Å²) in [4.78, 5) is 25.7. The van der Waals surface area contributed by atoms with E-state index in [4.69, 9.17) is 0 Å². The lowest BCUT2D eigenvalue weighted by molar-refractivity contribution is -0.129. The lowest BCUT2D eigenvalue weighted by Gasteiger charge is -2.51. The fraction of sp³-hybridized carbons (Fsp3) is 0.529. The quantitative estimate of drug-likeness (QED) is 0.835.